The van der Waals surface area contributed by atoms with Gasteiger partial charge in [0.15, 0.2) is 0 Å². The second-order valence-electron chi connectivity index (χ2n) is 10.1. The van der Waals surface area contributed by atoms with Crippen LogP contribution in [0.1, 0.15) is 55.1 Å². The lowest BCUT2D eigenvalue weighted by atomic mass is 9.94. The second-order valence-corrected chi connectivity index (χ2v) is 10.1. The van der Waals surface area contributed by atoms with Crippen LogP contribution in [-0.2, 0) is 17.4 Å². The molecule has 1 amide bonds. The fourth-order valence-corrected chi connectivity index (χ4v) is 5.19. The molecule has 1 aliphatic rings. The molecule has 0 saturated carbocycles. The Hall–Kier alpha value is -3.00. The van der Waals surface area contributed by atoms with Crippen LogP contribution in [0.4, 0.5) is 18.9 Å². The predicted molar refractivity (Wildman–Crippen MR) is 138 cm³/mol. The minimum Gasteiger partial charge on any atom is -0.368 e. The molecule has 0 radical (unpaired) electrons. The Labute approximate surface area is 210 Å². The molecule has 1 aliphatic heterocycles. The van der Waals surface area contributed by atoms with Gasteiger partial charge >= 0.3 is 6.18 Å². The Kier molecular flexibility index (Phi) is 7.64. The van der Waals surface area contributed by atoms with E-state index in [9.17, 15) is 18.0 Å². The van der Waals surface area contributed by atoms with E-state index in [1.807, 2.05) is 43.9 Å². The Balaban J connectivity index is 1.42. The van der Waals surface area contributed by atoms with Crippen LogP contribution >= 0.6 is 0 Å². The molecule has 4 rings (SSSR count). The number of rotatable bonds is 7. The lowest BCUT2D eigenvalue weighted by Crippen LogP contribution is -2.49. The number of para-hydroxylation sites is 1. The van der Waals surface area contributed by atoms with Gasteiger partial charge < -0.3 is 20.5 Å². The molecule has 3 aromatic rings. The molecule has 0 bridgehead atoms. The van der Waals surface area contributed by atoms with Crippen molar-refractivity contribution in [3.63, 3.8) is 0 Å². The van der Waals surface area contributed by atoms with Crippen molar-refractivity contribution < 1.29 is 18.0 Å². The highest BCUT2D eigenvalue weighted by molar-refractivity contribution is 5.85. The summed E-state index contributed by atoms with van der Waals surface area (Å²) in [5, 5.41) is 1.15. The maximum atomic E-state index is 13.4. The molecular weight excluding hydrogens is 465 g/mol. The highest BCUT2D eigenvalue weighted by Gasteiger charge is 2.33. The quantitative estimate of drug-likeness (QED) is 0.430. The van der Waals surface area contributed by atoms with Crippen LogP contribution in [-0.4, -0.2) is 42.0 Å². The number of alkyl halides is 3. The number of aromatic amines is 1. The van der Waals surface area contributed by atoms with E-state index in [0.29, 0.717) is 51.0 Å². The molecule has 0 unspecified atom stereocenters. The van der Waals surface area contributed by atoms with Gasteiger partial charge in [0.25, 0.3) is 0 Å². The van der Waals surface area contributed by atoms with E-state index in [1.165, 1.54) is 17.7 Å². The number of hydrogen-bond acceptors (Lipinski definition) is 3. The summed E-state index contributed by atoms with van der Waals surface area (Å²) >= 11 is 0. The summed E-state index contributed by atoms with van der Waals surface area (Å²) in [7, 11) is 0. The Bertz CT molecular complexity index is 1210. The minimum atomic E-state index is -4.42. The molecule has 8 heteroatoms. The van der Waals surface area contributed by atoms with Gasteiger partial charge in [-0.1, -0.05) is 32.0 Å². The van der Waals surface area contributed by atoms with Gasteiger partial charge in [0.1, 0.15) is 0 Å². The largest absolute Gasteiger partial charge is 0.416 e. The average Bonchev–Trinajstić information content (AvgIpc) is 3.16. The molecule has 2 aromatic carbocycles. The van der Waals surface area contributed by atoms with Gasteiger partial charge in [-0.25, -0.2) is 0 Å². The minimum absolute atomic E-state index is 0.100. The van der Waals surface area contributed by atoms with Crippen molar-refractivity contribution in [3.05, 3.63) is 64.8 Å². The third-order valence-electron chi connectivity index (χ3n) is 7.07. The summed E-state index contributed by atoms with van der Waals surface area (Å²) in [4.78, 5) is 20.3. The first kappa shape index (κ1) is 26.1. The standard InChI is InChI=1S/C28H35F3N4O/c1-18(2)16-24(32)23-17-20(28(29,30)31)8-10-26(23)34-12-14-35(15-13-34)27(36)11-9-21-19(3)33-25-7-5-4-6-22(21)25/h4-8,10,17-18,24,33H,9,11-16,32H2,1-3H3/t24-/m0/s1. The van der Waals surface area contributed by atoms with Crippen LogP contribution in [0.2, 0.25) is 0 Å². The zero-order valence-corrected chi connectivity index (χ0v) is 21.2. The normalized spacial score (nSPS) is 15.7. The maximum Gasteiger partial charge on any atom is 0.416 e. The van der Waals surface area contributed by atoms with E-state index in [4.69, 9.17) is 5.73 Å². The van der Waals surface area contributed by atoms with Crippen molar-refractivity contribution in [2.75, 3.05) is 31.1 Å². The number of H-pyrrole nitrogens is 1. The number of carbonyl (C=O) groups excluding carboxylic acids is 1. The van der Waals surface area contributed by atoms with Crippen LogP contribution in [0.5, 0.6) is 0 Å². The highest BCUT2D eigenvalue weighted by Crippen LogP contribution is 2.36. The first-order chi connectivity index (χ1) is 17.0. The lowest BCUT2D eigenvalue weighted by molar-refractivity contribution is -0.137. The molecule has 1 fully saturated rings. The first-order valence-corrected chi connectivity index (χ1v) is 12.6. The molecule has 3 N–H and O–H groups in total. The topological polar surface area (TPSA) is 65.4 Å². The Morgan fingerprint density at radius 1 is 1.08 bits per heavy atom. The van der Waals surface area contributed by atoms with Crippen molar-refractivity contribution >= 4 is 22.5 Å². The Morgan fingerprint density at radius 3 is 2.44 bits per heavy atom. The van der Waals surface area contributed by atoms with Crippen molar-refractivity contribution in [1.29, 1.82) is 0 Å². The zero-order chi connectivity index (χ0) is 26.0. The lowest BCUT2D eigenvalue weighted by Gasteiger charge is -2.38. The summed E-state index contributed by atoms with van der Waals surface area (Å²) in [5.41, 5.74) is 10.3. The van der Waals surface area contributed by atoms with Gasteiger partial charge in [-0.2, -0.15) is 13.2 Å². The summed E-state index contributed by atoms with van der Waals surface area (Å²) in [6.07, 6.45) is -2.73. The van der Waals surface area contributed by atoms with Gasteiger partial charge in [-0.15, -0.1) is 0 Å². The fourth-order valence-electron chi connectivity index (χ4n) is 5.19. The van der Waals surface area contributed by atoms with E-state index < -0.39 is 17.8 Å². The third-order valence-corrected chi connectivity index (χ3v) is 7.07. The van der Waals surface area contributed by atoms with Crippen molar-refractivity contribution in [1.82, 2.24) is 9.88 Å². The number of carbonyl (C=O) groups is 1. The second kappa shape index (κ2) is 10.5. The van der Waals surface area contributed by atoms with Gasteiger partial charge in [0.05, 0.1) is 5.56 Å². The summed E-state index contributed by atoms with van der Waals surface area (Å²) in [6.45, 7) is 8.24. The van der Waals surface area contributed by atoms with Crippen molar-refractivity contribution in [3.8, 4) is 0 Å². The van der Waals surface area contributed by atoms with Gasteiger partial charge in [0.2, 0.25) is 5.91 Å². The monoisotopic (exact) mass is 500 g/mol. The molecule has 0 spiro atoms. The number of nitrogens with one attached hydrogen (secondary N) is 1. The van der Waals surface area contributed by atoms with Crippen LogP contribution in [0.15, 0.2) is 42.5 Å². The first-order valence-electron chi connectivity index (χ1n) is 12.6. The number of fused-ring (bicyclic) bond motifs is 1. The molecular formula is C28H35F3N4O. The highest BCUT2D eigenvalue weighted by atomic mass is 19.4. The van der Waals surface area contributed by atoms with Crippen molar-refractivity contribution in [2.45, 2.75) is 52.3 Å². The molecule has 36 heavy (non-hydrogen) atoms. The fraction of sp³-hybridized carbons (Fsp3) is 0.464. The molecule has 5 nitrogen and oxygen atoms in total. The van der Waals surface area contributed by atoms with Gasteiger partial charge in [-0.3, -0.25) is 4.79 Å². The summed E-state index contributed by atoms with van der Waals surface area (Å²) < 4.78 is 40.2. The molecule has 194 valence electrons. The Morgan fingerprint density at radius 2 is 1.78 bits per heavy atom. The number of aryl methyl sites for hydroxylation is 2. The van der Waals surface area contributed by atoms with Crippen LogP contribution < -0.4 is 10.6 Å². The van der Waals surface area contributed by atoms with E-state index in [0.717, 1.165) is 28.4 Å². The number of nitrogens with zero attached hydrogens (tertiary/aromatic N) is 2. The number of amides is 1. The van der Waals surface area contributed by atoms with Gasteiger partial charge in [-0.05, 0) is 61.1 Å². The molecule has 1 aromatic heterocycles. The number of nitrogens with two attached hydrogens (primary N) is 1. The molecule has 2 heterocycles. The number of benzene rings is 2. The summed E-state index contributed by atoms with van der Waals surface area (Å²) in [5.74, 6) is 0.362. The number of aromatic nitrogens is 1. The van der Waals surface area contributed by atoms with E-state index in [2.05, 4.69) is 16.0 Å². The number of halogens is 3. The molecule has 1 atom stereocenters. The molecule has 0 aliphatic carbocycles. The number of anilines is 1. The smallest absolute Gasteiger partial charge is 0.368 e. The average molecular weight is 501 g/mol. The van der Waals surface area contributed by atoms with Crippen molar-refractivity contribution in [2.24, 2.45) is 11.7 Å². The number of hydrogen-bond donors (Lipinski definition) is 2. The van der Waals surface area contributed by atoms with Crippen LogP contribution in [0.3, 0.4) is 0 Å². The zero-order valence-electron chi connectivity index (χ0n) is 21.2. The molecule has 1 saturated heterocycles. The van der Waals surface area contributed by atoms with Gasteiger partial charge in [0, 0.05) is 60.9 Å². The summed E-state index contributed by atoms with van der Waals surface area (Å²) in [6, 6.07) is 11.5. The van der Waals surface area contributed by atoms with E-state index in [1.54, 1.807) is 0 Å². The van der Waals surface area contributed by atoms with E-state index in [-0.39, 0.29) is 11.8 Å². The van der Waals surface area contributed by atoms with Crippen LogP contribution in [0, 0.1) is 12.8 Å². The number of piperazine rings is 1. The van der Waals surface area contributed by atoms with E-state index >= 15 is 0 Å². The predicted octanol–water partition coefficient (Wildman–Crippen LogP) is 5.82. The SMILES string of the molecule is Cc1[nH]c2ccccc2c1CCC(=O)N1CCN(c2ccc(C(F)(F)F)cc2[C@@H](N)CC(C)C)CC1. The van der Waals surface area contributed by atoms with Crippen LogP contribution in [0.25, 0.3) is 10.9 Å². The third kappa shape index (κ3) is 5.69. The maximum absolute atomic E-state index is 13.4.